The van der Waals surface area contributed by atoms with Gasteiger partial charge in [-0.05, 0) is 26.3 Å². The first-order valence-electron chi connectivity index (χ1n) is 6.35. The number of ether oxygens (including phenoxy) is 2. The molecule has 0 amide bonds. The van der Waals surface area contributed by atoms with Gasteiger partial charge in [0, 0.05) is 0 Å². The Labute approximate surface area is 122 Å². The van der Waals surface area contributed by atoms with Gasteiger partial charge >= 0.3 is 0 Å². The highest BCUT2D eigenvalue weighted by atomic mass is 16.6. The monoisotopic (exact) mass is 294 g/mol. The maximum Gasteiger partial charge on any atom is 0.278 e. The molecular formula is C14H18N2O5. The average Bonchev–Trinajstić information content (AvgIpc) is 2.46. The van der Waals surface area contributed by atoms with Gasteiger partial charge in [-0.15, -0.1) is 0 Å². The lowest BCUT2D eigenvalue weighted by Gasteiger charge is -2.16. The Bertz CT molecular complexity index is 563. The molecule has 114 valence electrons. The highest BCUT2D eigenvalue weighted by Gasteiger charge is 2.21. The van der Waals surface area contributed by atoms with Crippen molar-refractivity contribution in [1.82, 2.24) is 0 Å². The average molecular weight is 294 g/mol. The Morgan fingerprint density at radius 3 is 2.57 bits per heavy atom. The fraction of sp³-hybridized carbons (Fsp3) is 0.500. The van der Waals surface area contributed by atoms with Gasteiger partial charge in [-0.2, -0.15) is 5.26 Å². The minimum atomic E-state index is -0.586. The maximum absolute atomic E-state index is 11.0. The van der Waals surface area contributed by atoms with Gasteiger partial charge < -0.3 is 14.6 Å². The molecule has 0 aliphatic heterocycles. The van der Waals surface area contributed by atoms with Crippen LogP contribution in [-0.4, -0.2) is 23.7 Å². The zero-order valence-electron chi connectivity index (χ0n) is 12.3. The zero-order valence-corrected chi connectivity index (χ0v) is 12.3. The smallest absolute Gasteiger partial charge is 0.278 e. The summed E-state index contributed by atoms with van der Waals surface area (Å²) in [6, 6.07) is 4.76. The van der Waals surface area contributed by atoms with E-state index in [0.29, 0.717) is 12.2 Å². The number of methoxy groups -OCH3 is 1. The molecule has 0 aliphatic carbocycles. The first-order valence-corrected chi connectivity index (χ1v) is 6.35. The van der Waals surface area contributed by atoms with Crippen molar-refractivity contribution in [2.24, 2.45) is 5.41 Å². The highest BCUT2D eigenvalue weighted by molar-refractivity contribution is 5.54. The predicted octanol–water partition coefficient (Wildman–Crippen LogP) is 2.41. The van der Waals surface area contributed by atoms with Crippen LogP contribution in [0.15, 0.2) is 12.1 Å². The number of nitrogens with zero attached hydrogens (tertiary/aromatic N) is 2. The summed E-state index contributed by atoms with van der Waals surface area (Å²) in [6.45, 7) is 3.33. The Morgan fingerprint density at radius 1 is 1.43 bits per heavy atom. The van der Waals surface area contributed by atoms with Gasteiger partial charge in [-0.1, -0.05) is 0 Å². The Morgan fingerprint density at radius 2 is 2.10 bits per heavy atom. The van der Waals surface area contributed by atoms with Crippen LogP contribution in [0.2, 0.25) is 0 Å². The fourth-order valence-corrected chi connectivity index (χ4v) is 1.63. The summed E-state index contributed by atoms with van der Waals surface area (Å²) >= 11 is 0. The number of nitriles is 1. The molecule has 1 rings (SSSR count). The fourth-order valence-electron chi connectivity index (χ4n) is 1.63. The largest absolute Gasteiger partial charge is 0.493 e. The van der Waals surface area contributed by atoms with Crippen LogP contribution in [0.3, 0.4) is 0 Å². The normalized spacial score (nSPS) is 10.8. The third-order valence-corrected chi connectivity index (χ3v) is 3.02. The molecule has 0 aromatic heterocycles. The topological polar surface area (TPSA) is 106 Å². The molecule has 0 unspecified atom stereocenters. The van der Waals surface area contributed by atoms with E-state index < -0.39 is 16.9 Å². The molecule has 0 radical (unpaired) electrons. The summed E-state index contributed by atoms with van der Waals surface area (Å²) in [5.74, 6) is 0.523. The molecule has 7 nitrogen and oxygen atoms in total. The molecule has 21 heavy (non-hydrogen) atoms. The van der Waals surface area contributed by atoms with Crippen molar-refractivity contribution in [3.63, 3.8) is 0 Å². The molecule has 0 bridgehead atoms. The molecular weight excluding hydrogens is 276 g/mol. The molecule has 0 spiro atoms. The number of hydrogen-bond donors (Lipinski definition) is 1. The van der Waals surface area contributed by atoms with Crippen LogP contribution in [0.1, 0.15) is 25.8 Å². The van der Waals surface area contributed by atoms with E-state index in [-0.39, 0.29) is 23.6 Å². The van der Waals surface area contributed by atoms with Gasteiger partial charge in [0.25, 0.3) is 5.69 Å². The summed E-state index contributed by atoms with van der Waals surface area (Å²) in [5.41, 5.74) is -0.612. The van der Waals surface area contributed by atoms with Crippen LogP contribution in [-0.2, 0) is 6.61 Å². The van der Waals surface area contributed by atoms with E-state index in [4.69, 9.17) is 19.8 Å². The van der Waals surface area contributed by atoms with Gasteiger partial charge in [0.2, 0.25) is 0 Å². The summed E-state index contributed by atoms with van der Waals surface area (Å²) < 4.78 is 10.6. The minimum Gasteiger partial charge on any atom is -0.493 e. The molecule has 0 fully saturated rings. The Kier molecular flexibility index (Phi) is 5.50. The quantitative estimate of drug-likeness (QED) is 0.611. The summed E-state index contributed by atoms with van der Waals surface area (Å²) in [7, 11) is 1.41. The third-order valence-electron chi connectivity index (χ3n) is 3.02. The van der Waals surface area contributed by atoms with E-state index in [0.717, 1.165) is 0 Å². The SMILES string of the molecule is COc1cc(CO)c([N+](=O)[O-])cc1OCCC(C)(C)C#N. The van der Waals surface area contributed by atoms with Crippen LogP contribution < -0.4 is 9.47 Å². The highest BCUT2D eigenvalue weighted by Crippen LogP contribution is 2.35. The Balaban J connectivity index is 2.98. The van der Waals surface area contributed by atoms with E-state index in [9.17, 15) is 10.1 Å². The molecule has 7 heteroatoms. The summed E-state index contributed by atoms with van der Waals surface area (Å²) in [5, 5.41) is 29.1. The van der Waals surface area contributed by atoms with Crippen molar-refractivity contribution in [1.29, 1.82) is 5.26 Å². The van der Waals surface area contributed by atoms with Crippen LogP contribution in [0, 0.1) is 26.9 Å². The molecule has 0 aliphatic rings. The van der Waals surface area contributed by atoms with Gasteiger partial charge in [0.15, 0.2) is 11.5 Å². The van der Waals surface area contributed by atoms with E-state index >= 15 is 0 Å². The van der Waals surface area contributed by atoms with Crippen molar-refractivity contribution in [3.05, 3.63) is 27.8 Å². The van der Waals surface area contributed by atoms with Crippen molar-refractivity contribution >= 4 is 5.69 Å². The van der Waals surface area contributed by atoms with E-state index in [2.05, 4.69) is 6.07 Å². The first-order chi connectivity index (χ1) is 9.84. The number of aliphatic hydroxyl groups excluding tert-OH is 1. The summed E-state index contributed by atoms with van der Waals surface area (Å²) in [6.07, 6.45) is 0.474. The minimum absolute atomic E-state index is 0.154. The van der Waals surface area contributed by atoms with Gasteiger partial charge in [0.1, 0.15) is 0 Å². The van der Waals surface area contributed by atoms with E-state index in [1.807, 2.05) is 0 Å². The lowest BCUT2D eigenvalue weighted by atomic mass is 9.92. The standard InChI is InChI=1S/C14H18N2O5/c1-14(2,9-15)4-5-21-13-7-11(16(18)19)10(8-17)6-12(13)20-3/h6-7,17H,4-5,8H2,1-3H3. The van der Waals surface area contributed by atoms with Crippen molar-refractivity contribution in [3.8, 4) is 17.6 Å². The predicted molar refractivity (Wildman–Crippen MR) is 75.1 cm³/mol. The van der Waals surface area contributed by atoms with Gasteiger partial charge in [-0.25, -0.2) is 0 Å². The van der Waals surface area contributed by atoms with Crippen LogP contribution in [0.4, 0.5) is 5.69 Å². The maximum atomic E-state index is 11.0. The summed E-state index contributed by atoms with van der Waals surface area (Å²) in [4.78, 5) is 10.4. The second kappa shape index (κ2) is 6.90. The van der Waals surface area contributed by atoms with Crippen LogP contribution in [0.25, 0.3) is 0 Å². The van der Waals surface area contributed by atoms with Crippen LogP contribution in [0.5, 0.6) is 11.5 Å². The first kappa shape index (κ1) is 16.7. The van der Waals surface area contributed by atoms with E-state index in [1.165, 1.54) is 19.2 Å². The molecule has 0 heterocycles. The number of hydrogen-bond acceptors (Lipinski definition) is 6. The second-order valence-electron chi connectivity index (χ2n) is 5.14. The Hall–Kier alpha value is -2.33. The lowest BCUT2D eigenvalue weighted by Crippen LogP contribution is -2.13. The second-order valence-corrected chi connectivity index (χ2v) is 5.14. The van der Waals surface area contributed by atoms with Crippen LogP contribution >= 0.6 is 0 Å². The van der Waals surface area contributed by atoms with E-state index in [1.54, 1.807) is 13.8 Å². The molecule has 0 saturated heterocycles. The molecule has 0 atom stereocenters. The molecule has 1 N–H and O–H groups in total. The van der Waals surface area contributed by atoms with Gasteiger partial charge in [0.05, 0.1) is 48.4 Å². The van der Waals surface area contributed by atoms with Gasteiger partial charge in [-0.3, -0.25) is 10.1 Å². The molecule has 1 aromatic carbocycles. The molecule has 1 aromatic rings. The van der Waals surface area contributed by atoms with Crippen molar-refractivity contribution in [2.45, 2.75) is 26.9 Å². The lowest BCUT2D eigenvalue weighted by molar-refractivity contribution is -0.385. The third kappa shape index (κ3) is 4.33. The zero-order chi connectivity index (χ0) is 16.0. The number of aliphatic hydroxyl groups is 1. The number of rotatable bonds is 7. The number of nitro groups is 1. The van der Waals surface area contributed by atoms with Crippen molar-refractivity contribution in [2.75, 3.05) is 13.7 Å². The molecule has 0 saturated carbocycles. The number of benzene rings is 1. The number of nitro benzene ring substituents is 1. The van der Waals surface area contributed by atoms with Crippen molar-refractivity contribution < 1.29 is 19.5 Å².